The van der Waals surface area contributed by atoms with E-state index in [1.165, 1.54) is 0 Å². The molecule has 4 aromatic rings. The quantitative estimate of drug-likeness (QED) is 0.531. The molecule has 5 rings (SSSR count). The van der Waals surface area contributed by atoms with E-state index in [0.29, 0.717) is 18.3 Å². The predicted octanol–water partition coefficient (Wildman–Crippen LogP) is 3.30. The molecule has 2 atom stereocenters. The molecule has 0 radical (unpaired) electrons. The van der Waals surface area contributed by atoms with Crippen molar-refractivity contribution >= 4 is 17.2 Å². The van der Waals surface area contributed by atoms with E-state index in [1.54, 1.807) is 6.20 Å². The number of anilines is 2. The average Bonchev–Trinajstić information content (AvgIpc) is 3.39. The van der Waals surface area contributed by atoms with E-state index in [1.807, 2.05) is 54.5 Å². The number of hydrogen-bond donors (Lipinski definition) is 1. The molecule has 4 aromatic heterocycles. The van der Waals surface area contributed by atoms with Crippen LogP contribution in [-0.2, 0) is 11.8 Å². The molecule has 9 nitrogen and oxygen atoms in total. The fourth-order valence-electron chi connectivity index (χ4n) is 3.90. The summed E-state index contributed by atoms with van der Waals surface area (Å²) in [4.78, 5) is 8.74. The first kappa shape index (κ1) is 19.5. The summed E-state index contributed by atoms with van der Waals surface area (Å²) in [5.41, 5.74) is 3.80. The molecule has 0 spiro atoms. The van der Waals surface area contributed by atoms with Gasteiger partial charge >= 0.3 is 0 Å². The first-order valence-electron chi connectivity index (χ1n) is 10.3. The molecule has 0 saturated carbocycles. The Balaban J connectivity index is 1.45. The van der Waals surface area contributed by atoms with Crippen LogP contribution in [0.3, 0.4) is 0 Å². The third-order valence-electron chi connectivity index (χ3n) is 5.44. The summed E-state index contributed by atoms with van der Waals surface area (Å²) in [5, 5.41) is 12.3. The van der Waals surface area contributed by atoms with Gasteiger partial charge in [0.05, 0.1) is 24.9 Å². The van der Waals surface area contributed by atoms with Gasteiger partial charge in [-0.1, -0.05) is 6.92 Å². The van der Waals surface area contributed by atoms with Gasteiger partial charge in [-0.05, 0) is 26.0 Å². The van der Waals surface area contributed by atoms with Gasteiger partial charge in [0.15, 0.2) is 11.6 Å². The van der Waals surface area contributed by atoms with Crippen LogP contribution in [0.2, 0.25) is 0 Å². The van der Waals surface area contributed by atoms with Crippen molar-refractivity contribution in [2.24, 2.45) is 13.0 Å². The van der Waals surface area contributed by atoms with Gasteiger partial charge in [-0.2, -0.15) is 10.2 Å². The lowest BCUT2D eigenvalue weighted by Crippen LogP contribution is -2.23. The van der Waals surface area contributed by atoms with Crippen LogP contribution in [0.5, 0.6) is 5.75 Å². The van der Waals surface area contributed by atoms with Crippen LogP contribution in [0, 0.1) is 19.8 Å². The van der Waals surface area contributed by atoms with Gasteiger partial charge in [-0.3, -0.25) is 4.68 Å². The number of aromatic nitrogens is 6. The smallest absolute Gasteiger partial charge is 0.165 e. The second kappa shape index (κ2) is 7.66. The summed E-state index contributed by atoms with van der Waals surface area (Å²) < 4.78 is 15.5. The molecule has 0 amide bonds. The molecule has 1 saturated heterocycles. The first-order chi connectivity index (χ1) is 15.0. The summed E-state index contributed by atoms with van der Waals surface area (Å²) in [6.45, 7) is 7.29. The standard InChI is InChI=1S/C22H25N7O2/c1-13-11-30-12-19(13)31-18-10-23-28(4)22(18)16-5-6-29-17(8-16)9-21(27-29)26-20-7-14(2)24-15(3)25-20/h5-10,13,19H,11-12H2,1-4H3,(H,24,25,26,27)/t13-,19+/m0/s1. The fourth-order valence-corrected chi connectivity index (χ4v) is 3.90. The van der Waals surface area contributed by atoms with Crippen molar-refractivity contribution < 1.29 is 9.47 Å². The highest BCUT2D eigenvalue weighted by atomic mass is 16.5. The van der Waals surface area contributed by atoms with Gasteiger partial charge in [0.2, 0.25) is 0 Å². The van der Waals surface area contributed by atoms with E-state index < -0.39 is 0 Å². The lowest BCUT2D eigenvalue weighted by atomic mass is 10.1. The maximum atomic E-state index is 6.26. The summed E-state index contributed by atoms with van der Waals surface area (Å²) in [7, 11) is 1.92. The van der Waals surface area contributed by atoms with Crippen LogP contribution in [0.15, 0.2) is 36.7 Å². The van der Waals surface area contributed by atoms with Gasteiger partial charge in [0.1, 0.15) is 23.4 Å². The van der Waals surface area contributed by atoms with Crippen LogP contribution < -0.4 is 10.1 Å². The molecule has 0 aliphatic carbocycles. The van der Waals surface area contributed by atoms with Crippen LogP contribution in [0.4, 0.5) is 11.6 Å². The SMILES string of the molecule is Cc1cc(Nc2cc3cc(-c4c(O[C@@H]5COC[C@@H]5C)cnn4C)ccn3n2)nc(C)n1. The molecular formula is C22H25N7O2. The summed E-state index contributed by atoms with van der Waals surface area (Å²) in [5.74, 6) is 3.28. The zero-order valence-corrected chi connectivity index (χ0v) is 18.0. The van der Waals surface area contributed by atoms with Crippen LogP contribution in [0.1, 0.15) is 18.4 Å². The Bertz CT molecular complexity index is 1230. The topological polar surface area (TPSA) is 91.4 Å². The lowest BCUT2D eigenvalue weighted by molar-refractivity contribution is 0.138. The number of hydrogen-bond acceptors (Lipinski definition) is 7. The predicted molar refractivity (Wildman–Crippen MR) is 117 cm³/mol. The summed E-state index contributed by atoms with van der Waals surface area (Å²) >= 11 is 0. The monoisotopic (exact) mass is 419 g/mol. The lowest BCUT2D eigenvalue weighted by Gasteiger charge is -2.16. The number of nitrogens with one attached hydrogen (secondary N) is 1. The zero-order valence-electron chi connectivity index (χ0n) is 18.0. The van der Waals surface area contributed by atoms with Gasteiger partial charge in [0, 0.05) is 42.6 Å². The number of fused-ring (bicyclic) bond motifs is 1. The number of ether oxygens (including phenoxy) is 2. The van der Waals surface area contributed by atoms with Crippen LogP contribution in [-0.4, -0.2) is 48.7 Å². The van der Waals surface area contributed by atoms with Gasteiger partial charge < -0.3 is 14.8 Å². The molecule has 1 fully saturated rings. The molecule has 0 aromatic carbocycles. The Labute approximate surface area is 180 Å². The van der Waals surface area contributed by atoms with E-state index in [4.69, 9.17) is 9.47 Å². The van der Waals surface area contributed by atoms with Crippen molar-refractivity contribution in [3.8, 4) is 17.0 Å². The van der Waals surface area contributed by atoms with Crippen molar-refractivity contribution in [3.63, 3.8) is 0 Å². The van der Waals surface area contributed by atoms with Crippen molar-refractivity contribution in [1.82, 2.24) is 29.4 Å². The Morgan fingerprint density at radius 2 is 2.00 bits per heavy atom. The third kappa shape index (κ3) is 3.84. The highest BCUT2D eigenvalue weighted by molar-refractivity contribution is 5.72. The fraction of sp³-hybridized carbons (Fsp3) is 0.364. The molecule has 9 heteroatoms. The van der Waals surface area contributed by atoms with Crippen LogP contribution >= 0.6 is 0 Å². The van der Waals surface area contributed by atoms with Gasteiger partial charge in [-0.15, -0.1) is 0 Å². The molecule has 1 N–H and O–H groups in total. The molecule has 160 valence electrons. The summed E-state index contributed by atoms with van der Waals surface area (Å²) in [6.07, 6.45) is 3.75. The minimum atomic E-state index is 0.0391. The normalized spacial score (nSPS) is 18.6. The van der Waals surface area contributed by atoms with E-state index in [-0.39, 0.29) is 6.10 Å². The number of nitrogens with zero attached hydrogens (tertiary/aromatic N) is 6. The maximum Gasteiger partial charge on any atom is 0.165 e. The largest absolute Gasteiger partial charge is 0.484 e. The van der Waals surface area contributed by atoms with E-state index >= 15 is 0 Å². The third-order valence-corrected chi connectivity index (χ3v) is 5.44. The Kier molecular flexibility index (Phi) is 4.82. The Morgan fingerprint density at radius 3 is 2.77 bits per heavy atom. The molecule has 1 aliphatic heterocycles. The highest BCUT2D eigenvalue weighted by Gasteiger charge is 2.28. The number of rotatable bonds is 5. The molecular weight excluding hydrogens is 394 g/mol. The van der Waals surface area contributed by atoms with E-state index in [0.717, 1.165) is 46.5 Å². The van der Waals surface area contributed by atoms with E-state index in [9.17, 15) is 0 Å². The molecule has 0 bridgehead atoms. The molecule has 31 heavy (non-hydrogen) atoms. The second-order valence-corrected chi connectivity index (χ2v) is 8.03. The molecule has 1 aliphatic rings. The first-order valence-corrected chi connectivity index (χ1v) is 10.3. The highest BCUT2D eigenvalue weighted by Crippen LogP contribution is 2.33. The Hall–Kier alpha value is -3.46. The van der Waals surface area contributed by atoms with Crippen LogP contribution in [0.25, 0.3) is 16.8 Å². The minimum absolute atomic E-state index is 0.0391. The maximum absolute atomic E-state index is 6.26. The number of pyridine rings is 1. The second-order valence-electron chi connectivity index (χ2n) is 8.03. The van der Waals surface area contributed by atoms with Crippen molar-refractivity contribution in [2.75, 3.05) is 18.5 Å². The van der Waals surface area contributed by atoms with E-state index in [2.05, 4.69) is 38.5 Å². The summed E-state index contributed by atoms with van der Waals surface area (Å²) in [6, 6.07) is 7.98. The zero-order chi connectivity index (χ0) is 21.5. The molecule has 5 heterocycles. The Morgan fingerprint density at radius 1 is 1.13 bits per heavy atom. The van der Waals surface area contributed by atoms with Crippen molar-refractivity contribution in [2.45, 2.75) is 26.9 Å². The van der Waals surface area contributed by atoms with Crippen molar-refractivity contribution in [3.05, 3.63) is 48.2 Å². The number of aryl methyl sites for hydroxylation is 3. The van der Waals surface area contributed by atoms with Crippen molar-refractivity contribution in [1.29, 1.82) is 0 Å². The minimum Gasteiger partial charge on any atom is -0.484 e. The average molecular weight is 419 g/mol. The molecule has 0 unspecified atom stereocenters. The van der Waals surface area contributed by atoms with Gasteiger partial charge in [0.25, 0.3) is 0 Å². The van der Waals surface area contributed by atoms with Gasteiger partial charge in [-0.25, -0.2) is 14.5 Å².